The second kappa shape index (κ2) is 5.64. The Balaban J connectivity index is 1.63. The summed E-state index contributed by atoms with van der Waals surface area (Å²) in [6.45, 7) is 7.07. The Morgan fingerprint density at radius 1 is 1.11 bits per heavy atom. The van der Waals surface area contributed by atoms with Crippen LogP contribution in [0.5, 0.6) is 0 Å². The third kappa shape index (κ3) is 2.85. The molecule has 3 unspecified atom stereocenters. The number of hydrogen-bond donors (Lipinski definition) is 1. The van der Waals surface area contributed by atoms with Crippen LogP contribution < -0.4 is 5.32 Å². The molecule has 0 aliphatic carbocycles. The minimum atomic E-state index is 0.465. The van der Waals surface area contributed by atoms with Crippen LogP contribution in [0.3, 0.4) is 0 Å². The molecule has 19 heavy (non-hydrogen) atoms. The number of fused-ring (bicyclic) bond motifs is 1. The van der Waals surface area contributed by atoms with E-state index in [1.807, 2.05) is 0 Å². The van der Waals surface area contributed by atoms with Crippen molar-refractivity contribution in [1.82, 2.24) is 10.2 Å². The fraction of sp³-hybridized carbons (Fsp3) is 0.647. The predicted octanol–water partition coefficient (Wildman–Crippen LogP) is 3.27. The van der Waals surface area contributed by atoms with Gasteiger partial charge in [0.15, 0.2) is 0 Å². The average Bonchev–Trinajstić information content (AvgIpc) is 2.83. The Bertz CT molecular complexity index is 412. The second-order valence-corrected chi connectivity index (χ2v) is 6.29. The molecular formula is C17H26N2. The van der Waals surface area contributed by atoms with Crippen molar-refractivity contribution in [3.8, 4) is 0 Å². The van der Waals surface area contributed by atoms with Crippen LogP contribution in [0.2, 0.25) is 0 Å². The molecule has 0 saturated carbocycles. The first-order chi connectivity index (χ1) is 9.24. The number of rotatable bonds is 3. The Morgan fingerprint density at radius 2 is 1.89 bits per heavy atom. The Kier molecular flexibility index (Phi) is 3.90. The van der Waals surface area contributed by atoms with Crippen LogP contribution in [0.1, 0.15) is 49.8 Å². The van der Waals surface area contributed by atoms with E-state index in [0.29, 0.717) is 12.1 Å². The van der Waals surface area contributed by atoms with Gasteiger partial charge in [-0.15, -0.1) is 0 Å². The molecule has 2 aliphatic heterocycles. The molecule has 2 heteroatoms. The van der Waals surface area contributed by atoms with E-state index in [1.165, 1.54) is 49.9 Å². The van der Waals surface area contributed by atoms with Gasteiger partial charge in [-0.25, -0.2) is 0 Å². The van der Waals surface area contributed by atoms with Gasteiger partial charge in [0, 0.05) is 24.7 Å². The topological polar surface area (TPSA) is 15.3 Å². The standard InChI is InChI=1S/C17H26N2/c1-13-6-8-15(9-7-13)14(2)18-16-10-12-19-11-4-3-5-17(16)19/h6-9,14,16-18H,3-5,10-12H2,1-2H3. The molecule has 1 aromatic carbocycles. The van der Waals surface area contributed by atoms with E-state index in [2.05, 4.69) is 48.3 Å². The molecule has 0 bridgehead atoms. The van der Waals surface area contributed by atoms with Crippen molar-refractivity contribution in [3.05, 3.63) is 35.4 Å². The molecule has 3 rings (SSSR count). The maximum atomic E-state index is 3.87. The van der Waals surface area contributed by atoms with Crippen LogP contribution in [0, 0.1) is 6.92 Å². The highest BCUT2D eigenvalue weighted by Gasteiger charge is 2.35. The number of hydrogen-bond acceptors (Lipinski definition) is 2. The van der Waals surface area contributed by atoms with Crippen molar-refractivity contribution < 1.29 is 0 Å². The minimum absolute atomic E-state index is 0.465. The summed E-state index contributed by atoms with van der Waals surface area (Å²) in [5, 5.41) is 3.87. The smallest absolute Gasteiger partial charge is 0.0295 e. The summed E-state index contributed by atoms with van der Waals surface area (Å²) < 4.78 is 0. The van der Waals surface area contributed by atoms with Crippen molar-refractivity contribution in [1.29, 1.82) is 0 Å². The van der Waals surface area contributed by atoms with Crippen LogP contribution in [0.4, 0.5) is 0 Å². The SMILES string of the molecule is Cc1ccc(C(C)NC2CCN3CCCCC23)cc1. The average molecular weight is 258 g/mol. The number of nitrogens with zero attached hydrogens (tertiary/aromatic N) is 1. The van der Waals surface area contributed by atoms with Gasteiger partial charge in [0.1, 0.15) is 0 Å². The number of nitrogens with one attached hydrogen (secondary N) is 1. The highest BCUT2D eigenvalue weighted by atomic mass is 15.2. The highest BCUT2D eigenvalue weighted by molar-refractivity contribution is 5.23. The lowest BCUT2D eigenvalue weighted by Gasteiger charge is -2.34. The molecule has 0 radical (unpaired) electrons. The van der Waals surface area contributed by atoms with Gasteiger partial charge < -0.3 is 5.32 Å². The fourth-order valence-electron chi connectivity index (χ4n) is 3.71. The summed E-state index contributed by atoms with van der Waals surface area (Å²) in [6.07, 6.45) is 5.52. The first-order valence-electron chi connectivity index (χ1n) is 7.81. The zero-order valence-electron chi connectivity index (χ0n) is 12.2. The third-order valence-electron chi connectivity index (χ3n) is 4.90. The van der Waals surface area contributed by atoms with Crippen LogP contribution in [0.25, 0.3) is 0 Å². The molecule has 1 N–H and O–H groups in total. The van der Waals surface area contributed by atoms with Crippen LogP contribution in [-0.2, 0) is 0 Å². The summed E-state index contributed by atoms with van der Waals surface area (Å²) >= 11 is 0. The van der Waals surface area contributed by atoms with Crippen molar-refractivity contribution in [3.63, 3.8) is 0 Å². The van der Waals surface area contributed by atoms with Gasteiger partial charge in [-0.05, 0) is 45.2 Å². The van der Waals surface area contributed by atoms with E-state index < -0.39 is 0 Å². The monoisotopic (exact) mass is 258 g/mol. The lowest BCUT2D eigenvalue weighted by atomic mass is 9.97. The van der Waals surface area contributed by atoms with E-state index in [4.69, 9.17) is 0 Å². The van der Waals surface area contributed by atoms with Crippen molar-refractivity contribution >= 4 is 0 Å². The number of benzene rings is 1. The van der Waals surface area contributed by atoms with Crippen LogP contribution in [0.15, 0.2) is 24.3 Å². The third-order valence-corrected chi connectivity index (χ3v) is 4.90. The largest absolute Gasteiger partial charge is 0.306 e. The summed E-state index contributed by atoms with van der Waals surface area (Å²) in [5.41, 5.74) is 2.76. The van der Waals surface area contributed by atoms with Crippen molar-refractivity contribution in [2.45, 2.75) is 57.7 Å². The quantitative estimate of drug-likeness (QED) is 0.895. The van der Waals surface area contributed by atoms with Gasteiger partial charge >= 0.3 is 0 Å². The molecule has 0 amide bonds. The zero-order valence-corrected chi connectivity index (χ0v) is 12.2. The molecule has 3 atom stereocenters. The van der Waals surface area contributed by atoms with E-state index in [9.17, 15) is 0 Å². The normalized spacial score (nSPS) is 29.2. The maximum absolute atomic E-state index is 3.87. The van der Waals surface area contributed by atoms with Gasteiger partial charge in [0.25, 0.3) is 0 Å². The molecular weight excluding hydrogens is 232 g/mol. The molecule has 2 saturated heterocycles. The molecule has 2 fully saturated rings. The summed E-state index contributed by atoms with van der Waals surface area (Å²) in [5.74, 6) is 0. The summed E-state index contributed by atoms with van der Waals surface area (Å²) in [7, 11) is 0. The van der Waals surface area contributed by atoms with Crippen LogP contribution >= 0.6 is 0 Å². The molecule has 2 heterocycles. The Labute approximate surface area is 117 Å². The Hall–Kier alpha value is -0.860. The van der Waals surface area contributed by atoms with Gasteiger partial charge in [0.2, 0.25) is 0 Å². The van der Waals surface area contributed by atoms with Gasteiger partial charge in [-0.1, -0.05) is 36.2 Å². The maximum Gasteiger partial charge on any atom is 0.0295 e. The highest BCUT2D eigenvalue weighted by Crippen LogP contribution is 2.28. The molecule has 0 aromatic heterocycles. The second-order valence-electron chi connectivity index (χ2n) is 6.29. The van der Waals surface area contributed by atoms with E-state index in [1.54, 1.807) is 0 Å². The van der Waals surface area contributed by atoms with Crippen molar-refractivity contribution in [2.24, 2.45) is 0 Å². The van der Waals surface area contributed by atoms with E-state index >= 15 is 0 Å². The first kappa shape index (κ1) is 13.1. The number of piperidine rings is 1. The molecule has 104 valence electrons. The van der Waals surface area contributed by atoms with Gasteiger partial charge in [-0.3, -0.25) is 4.90 Å². The fourth-order valence-corrected chi connectivity index (χ4v) is 3.71. The Morgan fingerprint density at radius 3 is 2.68 bits per heavy atom. The zero-order chi connectivity index (χ0) is 13.2. The predicted molar refractivity (Wildman–Crippen MR) is 80.3 cm³/mol. The number of aryl methyl sites for hydroxylation is 1. The summed E-state index contributed by atoms with van der Waals surface area (Å²) in [6, 6.07) is 10.9. The molecule has 2 aliphatic rings. The van der Waals surface area contributed by atoms with Crippen molar-refractivity contribution in [2.75, 3.05) is 13.1 Å². The van der Waals surface area contributed by atoms with E-state index in [0.717, 1.165) is 6.04 Å². The minimum Gasteiger partial charge on any atom is -0.306 e. The van der Waals surface area contributed by atoms with Gasteiger partial charge in [0.05, 0.1) is 0 Å². The summed E-state index contributed by atoms with van der Waals surface area (Å²) in [4.78, 5) is 2.70. The van der Waals surface area contributed by atoms with Gasteiger partial charge in [-0.2, -0.15) is 0 Å². The molecule has 1 aromatic rings. The molecule has 2 nitrogen and oxygen atoms in total. The first-order valence-corrected chi connectivity index (χ1v) is 7.81. The lowest BCUT2D eigenvalue weighted by molar-refractivity contribution is 0.177. The van der Waals surface area contributed by atoms with Crippen LogP contribution in [-0.4, -0.2) is 30.1 Å². The lowest BCUT2D eigenvalue weighted by Crippen LogP contribution is -2.45. The van der Waals surface area contributed by atoms with E-state index in [-0.39, 0.29) is 0 Å². The molecule has 0 spiro atoms.